The second-order valence-corrected chi connectivity index (χ2v) is 6.38. The van der Waals surface area contributed by atoms with Crippen molar-refractivity contribution >= 4 is 5.91 Å². The van der Waals surface area contributed by atoms with Gasteiger partial charge in [-0.2, -0.15) is 0 Å². The maximum Gasteiger partial charge on any atom is 0.224 e. The van der Waals surface area contributed by atoms with E-state index in [-0.39, 0.29) is 0 Å². The standard InChI is InChI=1S/C15H27N3O/c19-15(11-13-5-1-3-7-16-13)18-10-9-17-8-4-2-6-14(17)12-18/h13-14,16H,1-12H2. The van der Waals surface area contributed by atoms with Crippen LogP contribution in [0.3, 0.4) is 0 Å². The fraction of sp³-hybridized carbons (Fsp3) is 0.933. The van der Waals surface area contributed by atoms with Crippen molar-refractivity contribution < 1.29 is 4.79 Å². The van der Waals surface area contributed by atoms with Gasteiger partial charge in [-0.05, 0) is 38.8 Å². The number of fused-ring (bicyclic) bond motifs is 1. The van der Waals surface area contributed by atoms with Crippen molar-refractivity contribution in [2.24, 2.45) is 0 Å². The van der Waals surface area contributed by atoms with Crippen LogP contribution in [0.5, 0.6) is 0 Å². The molecule has 3 fully saturated rings. The van der Waals surface area contributed by atoms with Gasteiger partial charge in [0, 0.05) is 38.1 Å². The molecule has 4 nitrogen and oxygen atoms in total. The van der Waals surface area contributed by atoms with Crippen LogP contribution in [0.1, 0.15) is 44.9 Å². The first-order valence-electron chi connectivity index (χ1n) is 8.08. The Labute approximate surface area is 116 Å². The Bertz CT molecular complexity index is 315. The van der Waals surface area contributed by atoms with E-state index in [1.165, 1.54) is 45.1 Å². The smallest absolute Gasteiger partial charge is 0.224 e. The van der Waals surface area contributed by atoms with Crippen LogP contribution in [0.2, 0.25) is 0 Å². The second kappa shape index (κ2) is 6.23. The zero-order chi connectivity index (χ0) is 13.1. The Hall–Kier alpha value is -0.610. The Morgan fingerprint density at radius 1 is 1.05 bits per heavy atom. The van der Waals surface area contributed by atoms with Crippen molar-refractivity contribution in [3.05, 3.63) is 0 Å². The zero-order valence-electron chi connectivity index (χ0n) is 11.9. The highest BCUT2D eigenvalue weighted by atomic mass is 16.2. The number of rotatable bonds is 2. The molecule has 3 rings (SSSR count). The average molecular weight is 265 g/mol. The predicted molar refractivity (Wildman–Crippen MR) is 76.1 cm³/mol. The molecule has 19 heavy (non-hydrogen) atoms. The summed E-state index contributed by atoms with van der Waals surface area (Å²) in [5.74, 6) is 0.379. The predicted octanol–water partition coefficient (Wildman–Crippen LogP) is 1.22. The number of piperidine rings is 2. The minimum atomic E-state index is 0.379. The molecule has 0 spiro atoms. The van der Waals surface area contributed by atoms with Crippen LogP contribution < -0.4 is 5.32 Å². The maximum absolute atomic E-state index is 12.4. The first kappa shape index (κ1) is 13.4. The summed E-state index contributed by atoms with van der Waals surface area (Å²) in [4.78, 5) is 17.1. The van der Waals surface area contributed by atoms with Crippen LogP contribution in [0.25, 0.3) is 0 Å². The number of piperazine rings is 1. The fourth-order valence-electron chi connectivity index (χ4n) is 3.82. The summed E-state index contributed by atoms with van der Waals surface area (Å²) >= 11 is 0. The van der Waals surface area contributed by atoms with Gasteiger partial charge in [0.15, 0.2) is 0 Å². The molecule has 3 aliphatic heterocycles. The summed E-state index contributed by atoms with van der Waals surface area (Å²) in [5.41, 5.74) is 0. The van der Waals surface area contributed by atoms with Crippen LogP contribution in [0, 0.1) is 0 Å². The Kier molecular flexibility index (Phi) is 4.38. The fourth-order valence-corrected chi connectivity index (χ4v) is 3.82. The minimum absolute atomic E-state index is 0.379. The number of nitrogens with one attached hydrogen (secondary N) is 1. The first-order chi connectivity index (χ1) is 9.33. The van der Waals surface area contributed by atoms with Crippen LogP contribution in [-0.2, 0) is 4.79 Å². The van der Waals surface area contributed by atoms with Crippen molar-refractivity contribution in [2.45, 2.75) is 57.0 Å². The molecule has 1 amide bonds. The Balaban J connectivity index is 1.49. The molecule has 1 N–H and O–H groups in total. The van der Waals surface area contributed by atoms with Gasteiger partial charge in [-0.1, -0.05) is 12.8 Å². The van der Waals surface area contributed by atoms with Gasteiger partial charge in [-0.15, -0.1) is 0 Å². The lowest BCUT2D eigenvalue weighted by Gasteiger charge is -2.44. The van der Waals surface area contributed by atoms with Crippen molar-refractivity contribution in [2.75, 3.05) is 32.7 Å². The van der Waals surface area contributed by atoms with Crippen LogP contribution in [0.4, 0.5) is 0 Å². The summed E-state index contributed by atoms with van der Waals surface area (Å²) in [6.45, 7) is 5.35. The van der Waals surface area contributed by atoms with Crippen molar-refractivity contribution in [1.29, 1.82) is 0 Å². The minimum Gasteiger partial charge on any atom is -0.340 e. The molecule has 3 saturated heterocycles. The highest BCUT2D eigenvalue weighted by Crippen LogP contribution is 2.22. The van der Waals surface area contributed by atoms with Gasteiger partial charge in [0.1, 0.15) is 0 Å². The SMILES string of the molecule is O=C(CC1CCCCN1)N1CCN2CCCCC2C1. The molecular formula is C15H27N3O. The number of nitrogens with zero attached hydrogens (tertiary/aromatic N) is 2. The highest BCUT2D eigenvalue weighted by molar-refractivity contribution is 5.77. The van der Waals surface area contributed by atoms with Gasteiger partial charge in [0.25, 0.3) is 0 Å². The number of carbonyl (C=O) groups excluding carboxylic acids is 1. The summed E-state index contributed by atoms with van der Waals surface area (Å²) < 4.78 is 0. The van der Waals surface area contributed by atoms with Crippen LogP contribution in [0.15, 0.2) is 0 Å². The largest absolute Gasteiger partial charge is 0.340 e. The quantitative estimate of drug-likeness (QED) is 0.815. The molecule has 0 aromatic carbocycles. The molecule has 3 heterocycles. The molecule has 0 aromatic heterocycles. The summed E-state index contributed by atoms with van der Waals surface area (Å²) in [6, 6.07) is 1.08. The van der Waals surface area contributed by atoms with Crippen molar-refractivity contribution in [3.63, 3.8) is 0 Å². The van der Waals surface area contributed by atoms with E-state index >= 15 is 0 Å². The van der Waals surface area contributed by atoms with Crippen molar-refractivity contribution in [3.8, 4) is 0 Å². The molecule has 0 aromatic rings. The lowest BCUT2D eigenvalue weighted by atomic mass is 9.98. The van der Waals surface area contributed by atoms with Gasteiger partial charge in [-0.25, -0.2) is 0 Å². The van der Waals surface area contributed by atoms with Gasteiger partial charge in [0.2, 0.25) is 5.91 Å². The van der Waals surface area contributed by atoms with E-state index in [1.807, 2.05) is 0 Å². The normalized spacial score (nSPS) is 32.9. The summed E-state index contributed by atoms with van der Waals surface area (Å²) in [5, 5.41) is 3.49. The third-order valence-electron chi connectivity index (χ3n) is 5.02. The number of carbonyl (C=O) groups is 1. The van der Waals surface area contributed by atoms with Crippen molar-refractivity contribution in [1.82, 2.24) is 15.1 Å². The molecule has 4 heteroatoms. The first-order valence-corrected chi connectivity index (χ1v) is 8.08. The van der Waals surface area contributed by atoms with E-state index in [9.17, 15) is 4.79 Å². The lowest BCUT2D eigenvalue weighted by Crippen LogP contribution is -2.56. The van der Waals surface area contributed by atoms with Gasteiger partial charge in [-0.3, -0.25) is 9.69 Å². The monoisotopic (exact) mass is 265 g/mol. The molecule has 3 aliphatic rings. The van der Waals surface area contributed by atoms with E-state index in [0.29, 0.717) is 24.4 Å². The summed E-state index contributed by atoms with van der Waals surface area (Å²) in [7, 11) is 0. The van der Waals surface area contributed by atoms with Gasteiger partial charge < -0.3 is 10.2 Å². The highest BCUT2D eigenvalue weighted by Gasteiger charge is 2.31. The van der Waals surface area contributed by atoms with E-state index in [0.717, 1.165) is 26.2 Å². The summed E-state index contributed by atoms with van der Waals surface area (Å²) in [6.07, 6.45) is 8.41. The van der Waals surface area contributed by atoms with Crippen LogP contribution >= 0.6 is 0 Å². The van der Waals surface area contributed by atoms with E-state index in [2.05, 4.69) is 15.1 Å². The van der Waals surface area contributed by atoms with Gasteiger partial charge in [0.05, 0.1) is 0 Å². The Morgan fingerprint density at radius 2 is 1.95 bits per heavy atom. The molecule has 2 unspecified atom stereocenters. The molecule has 0 bridgehead atoms. The molecule has 0 aliphatic carbocycles. The third kappa shape index (κ3) is 3.29. The molecule has 0 saturated carbocycles. The van der Waals surface area contributed by atoms with Crippen LogP contribution in [-0.4, -0.2) is 60.5 Å². The zero-order valence-corrected chi connectivity index (χ0v) is 11.9. The molecule has 2 atom stereocenters. The molecular weight excluding hydrogens is 238 g/mol. The lowest BCUT2D eigenvalue weighted by molar-refractivity contribution is -0.135. The van der Waals surface area contributed by atoms with E-state index in [4.69, 9.17) is 0 Å². The average Bonchev–Trinajstić information content (AvgIpc) is 2.48. The molecule has 0 radical (unpaired) electrons. The Morgan fingerprint density at radius 3 is 2.79 bits per heavy atom. The topological polar surface area (TPSA) is 35.6 Å². The second-order valence-electron chi connectivity index (χ2n) is 6.38. The number of amides is 1. The van der Waals surface area contributed by atoms with Gasteiger partial charge >= 0.3 is 0 Å². The van der Waals surface area contributed by atoms with E-state index < -0.39 is 0 Å². The molecule has 108 valence electrons. The number of hydrogen-bond acceptors (Lipinski definition) is 3. The maximum atomic E-state index is 12.4. The van der Waals surface area contributed by atoms with E-state index in [1.54, 1.807) is 0 Å². The third-order valence-corrected chi connectivity index (χ3v) is 5.02. The number of hydrogen-bond donors (Lipinski definition) is 1.